The first-order valence-corrected chi connectivity index (χ1v) is 13.8. The molecular formula is C30H25Cl3O9. The summed E-state index contributed by atoms with van der Waals surface area (Å²) in [6.07, 6.45) is 6.39. The second-order valence-electron chi connectivity index (χ2n) is 9.47. The number of carboxylic acids is 1. The van der Waals surface area contributed by atoms with Crippen molar-refractivity contribution in [2.24, 2.45) is 17.3 Å². The molecule has 0 aliphatic heterocycles. The fourth-order valence-corrected chi connectivity index (χ4v) is 5.22. The van der Waals surface area contributed by atoms with Crippen molar-refractivity contribution < 1.29 is 43.3 Å². The van der Waals surface area contributed by atoms with Gasteiger partial charge in [-0.3, -0.25) is 19.2 Å². The Bertz CT molecular complexity index is 1380. The summed E-state index contributed by atoms with van der Waals surface area (Å²) in [4.78, 5) is 73.3. The first-order valence-electron chi connectivity index (χ1n) is 12.7. The number of carbonyl (C=O) groups is 6. The van der Waals surface area contributed by atoms with E-state index < -0.39 is 50.9 Å². The van der Waals surface area contributed by atoms with Crippen LogP contribution in [0.1, 0.15) is 60.7 Å². The van der Waals surface area contributed by atoms with Crippen LogP contribution in [0.4, 0.5) is 0 Å². The first kappa shape index (κ1) is 32.7. The molecule has 0 amide bonds. The summed E-state index contributed by atoms with van der Waals surface area (Å²) in [5, 5.41) is 7.15. The van der Waals surface area contributed by atoms with Crippen LogP contribution in [-0.2, 0) is 19.1 Å². The highest BCUT2D eigenvalue weighted by molar-refractivity contribution is 6.68. The minimum Gasteiger partial charge on any atom is -0.481 e. The van der Waals surface area contributed by atoms with E-state index >= 15 is 0 Å². The van der Waals surface area contributed by atoms with E-state index in [4.69, 9.17) is 44.3 Å². The Balaban J connectivity index is 1.77. The van der Waals surface area contributed by atoms with Gasteiger partial charge in [0.15, 0.2) is 0 Å². The lowest BCUT2D eigenvalue weighted by molar-refractivity contribution is -0.146. The zero-order valence-corrected chi connectivity index (χ0v) is 24.2. The van der Waals surface area contributed by atoms with Crippen molar-refractivity contribution in [3.63, 3.8) is 0 Å². The number of aliphatic carboxylic acids is 1. The fourth-order valence-electron chi connectivity index (χ4n) is 4.61. The summed E-state index contributed by atoms with van der Waals surface area (Å²) in [7, 11) is 0. The molecule has 0 saturated heterocycles. The quantitative estimate of drug-likeness (QED) is 0.201. The predicted molar refractivity (Wildman–Crippen MR) is 154 cm³/mol. The summed E-state index contributed by atoms with van der Waals surface area (Å²) < 4.78 is 10.9. The average molecular weight is 636 g/mol. The van der Waals surface area contributed by atoms with Crippen LogP contribution >= 0.6 is 34.8 Å². The van der Waals surface area contributed by atoms with E-state index in [-0.39, 0.29) is 54.7 Å². The van der Waals surface area contributed by atoms with Crippen molar-refractivity contribution in [3.05, 3.63) is 95.1 Å². The molecule has 2 aromatic rings. The molecule has 0 aromatic heterocycles. The van der Waals surface area contributed by atoms with Crippen molar-refractivity contribution in [1.82, 2.24) is 0 Å². The predicted octanol–water partition coefficient (Wildman–Crippen LogP) is 5.82. The second-order valence-corrected chi connectivity index (χ2v) is 10.5. The van der Waals surface area contributed by atoms with Crippen LogP contribution in [0.2, 0.25) is 0 Å². The number of halogens is 3. The van der Waals surface area contributed by atoms with Crippen molar-refractivity contribution >= 4 is 68.4 Å². The lowest BCUT2D eigenvalue weighted by Crippen LogP contribution is -2.39. The van der Waals surface area contributed by atoms with Crippen LogP contribution in [0.15, 0.2) is 72.8 Å². The minimum atomic E-state index is -1.50. The molecular weight excluding hydrogens is 611 g/mol. The number of hydrogen-bond acceptors (Lipinski definition) is 8. The highest BCUT2D eigenvalue weighted by Crippen LogP contribution is 2.41. The molecule has 2 unspecified atom stereocenters. The van der Waals surface area contributed by atoms with Crippen molar-refractivity contribution in [2.45, 2.75) is 19.3 Å². The number of carbonyl (C=O) groups excluding carboxylic acids is 5. The molecule has 9 nitrogen and oxygen atoms in total. The van der Waals surface area contributed by atoms with Gasteiger partial charge in [-0.05, 0) is 71.9 Å². The fraction of sp³-hybridized carbons (Fsp3) is 0.267. The summed E-state index contributed by atoms with van der Waals surface area (Å²) >= 11 is 17.0. The summed E-state index contributed by atoms with van der Waals surface area (Å²) in [6, 6.07) is 11.6. The Labute approximate surface area is 256 Å². The molecule has 0 spiro atoms. The van der Waals surface area contributed by atoms with E-state index in [9.17, 15) is 33.9 Å². The molecule has 12 heteroatoms. The van der Waals surface area contributed by atoms with Gasteiger partial charge in [-0.2, -0.15) is 0 Å². The maximum atomic E-state index is 12.8. The van der Waals surface area contributed by atoms with Crippen molar-refractivity contribution in [2.75, 3.05) is 13.2 Å². The van der Waals surface area contributed by atoms with Gasteiger partial charge in [-0.1, -0.05) is 55.0 Å². The maximum absolute atomic E-state index is 12.8. The zero-order valence-electron chi connectivity index (χ0n) is 22.0. The minimum absolute atomic E-state index is 0.0404. The molecule has 1 N–H and O–H groups in total. The smallest absolute Gasteiger partial charge is 0.338 e. The molecule has 2 atom stereocenters. The Kier molecular flexibility index (Phi) is 11.6. The van der Waals surface area contributed by atoms with E-state index in [1.807, 2.05) is 0 Å². The normalized spacial score (nSPS) is 17.5. The molecule has 0 saturated carbocycles. The summed E-state index contributed by atoms with van der Waals surface area (Å²) in [5.41, 5.74) is -1.71. The molecule has 1 aliphatic rings. The van der Waals surface area contributed by atoms with Gasteiger partial charge in [0.2, 0.25) is 5.24 Å². The molecule has 0 bridgehead atoms. The van der Waals surface area contributed by atoms with Gasteiger partial charge >= 0.3 is 17.9 Å². The topological polar surface area (TPSA) is 141 Å². The third-order valence-electron chi connectivity index (χ3n) is 6.82. The van der Waals surface area contributed by atoms with Crippen molar-refractivity contribution in [3.8, 4) is 0 Å². The van der Waals surface area contributed by atoms with Crippen LogP contribution < -0.4 is 0 Å². The van der Waals surface area contributed by atoms with Gasteiger partial charge in [0, 0.05) is 17.0 Å². The third-order valence-corrected chi connectivity index (χ3v) is 7.57. The van der Waals surface area contributed by atoms with Crippen LogP contribution in [0.25, 0.3) is 0 Å². The van der Waals surface area contributed by atoms with E-state index in [1.165, 1.54) is 66.8 Å². The molecule has 0 radical (unpaired) electrons. The number of hydrogen-bond donors (Lipinski definition) is 1. The molecule has 3 rings (SSSR count). The van der Waals surface area contributed by atoms with Gasteiger partial charge in [0.25, 0.3) is 10.5 Å². The van der Waals surface area contributed by atoms with Gasteiger partial charge < -0.3 is 14.6 Å². The number of esters is 2. The van der Waals surface area contributed by atoms with E-state index in [2.05, 4.69) is 0 Å². The largest absolute Gasteiger partial charge is 0.481 e. The van der Waals surface area contributed by atoms with Crippen LogP contribution in [0.5, 0.6) is 0 Å². The van der Waals surface area contributed by atoms with Gasteiger partial charge in [-0.15, -0.1) is 0 Å². The van der Waals surface area contributed by atoms with Crippen molar-refractivity contribution in [1.29, 1.82) is 0 Å². The molecule has 42 heavy (non-hydrogen) atoms. The maximum Gasteiger partial charge on any atom is 0.338 e. The number of rotatable bonds is 14. The zero-order chi connectivity index (χ0) is 30.9. The SMILES string of the molecule is O=C(Cl)c1ccccc1C(=O)OCC(CCCC1(C(=O)Cl)C=CC=CC1C(=O)O)COC(=O)c1ccccc1C(=O)Cl. The monoisotopic (exact) mass is 634 g/mol. The standard InChI is InChI=1S/C30H25Cl3O9/c31-24(34)19-9-1-3-11-21(19)27(38)41-16-18(17-42-28(39)22-12-4-2-10-20(22)25(32)35)8-7-15-30(29(33)40)14-6-5-13-23(30)26(36)37/h1-6,9-14,18,23H,7-8,15-17H2,(H,36,37). The molecule has 1 aliphatic carbocycles. The van der Waals surface area contributed by atoms with Gasteiger partial charge in [0.1, 0.15) is 0 Å². The van der Waals surface area contributed by atoms with Crippen LogP contribution in [0.3, 0.4) is 0 Å². The van der Waals surface area contributed by atoms with E-state index in [0.717, 1.165) is 0 Å². The van der Waals surface area contributed by atoms with E-state index in [0.29, 0.717) is 0 Å². The Hall–Kier alpha value is -3.79. The number of ether oxygens (including phenoxy) is 2. The summed E-state index contributed by atoms with van der Waals surface area (Å²) in [5.74, 6) is -4.72. The Morgan fingerprint density at radius 2 is 1.24 bits per heavy atom. The number of benzene rings is 2. The Morgan fingerprint density at radius 3 is 1.67 bits per heavy atom. The molecule has 220 valence electrons. The Morgan fingerprint density at radius 1 is 0.762 bits per heavy atom. The van der Waals surface area contributed by atoms with Crippen LogP contribution in [-0.4, -0.2) is 52.0 Å². The number of carboxylic acid groups (broad SMARTS) is 1. The molecule has 0 heterocycles. The average Bonchev–Trinajstić information content (AvgIpc) is 2.97. The molecule has 2 aromatic carbocycles. The third kappa shape index (κ3) is 7.94. The second kappa shape index (κ2) is 14.9. The highest BCUT2D eigenvalue weighted by Gasteiger charge is 2.46. The summed E-state index contributed by atoms with van der Waals surface area (Å²) in [6.45, 7) is -0.542. The highest BCUT2D eigenvalue weighted by atomic mass is 35.5. The number of allylic oxidation sites excluding steroid dienone is 3. The van der Waals surface area contributed by atoms with Gasteiger partial charge in [0.05, 0.1) is 35.7 Å². The lowest BCUT2D eigenvalue weighted by atomic mass is 9.70. The van der Waals surface area contributed by atoms with Gasteiger partial charge in [-0.25, -0.2) is 9.59 Å². The van der Waals surface area contributed by atoms with Crippen LogP contribution in [0, 0.1) is 17.3 Å². The first-order chi connectivity index (χ1) is 20.0. The molecule has 0 fully saturated rings. The lowest BCUT2D eigenvalue weighted by Gasteiger charge is -2.33. The van der Waals surface area contributed by atoms with E-state index in [1.54, 1.807) is 6.08 Å².